The Morgan fingerprint density at radius 1 is 1.09 bits per heavy atom. The van der Waals surface area contributed by atoms with Crippen molar-refractivity contribution in [2.75, 3.05) is 12.4 Å². The summed E-state index contributed by atoms with van der Waals surface area (Å²) in [6.07, 6.45) is 1.56. The highest BCUT2D eigenvalue weighted by Crippen LogP contribution is 2.28. The molecular formula is C25H22ClN3O4S2. The number of nitrogens with one attached hydrogen (secondary N) is 2. The molecule has 0 saturated carbocycles. The van der Waals surface area contributed by atoms with Crippen molar-refractivity contribution < 1.29 is 17.9 Å². The van der Waals surface area contributed by atoms with Gasteiger partial charge >= 0.3 is 0 Å². The molecule has 4 aromatic rings. The van der Waals surface area contributed by atoms with Crippen LogP contribution in [0.2, 0.25) is 5.02 Å². The highest BCUT2D eigenvalue weighted by Gasteiger charge is 2.20. The average molecular weight is 528 g/mol. The second-order valence-electron chi connectivity index (χ2n) is 7.62. The zero-order valence-corrected chi connectivity index (χ0v) is 21.3. The van der Waals surface area contributed by atoms with Gasteiger partial charge in [-0.25, -0.2) is 18.1 Å². The minimum atomic E-state index is -3.83. The van der Waals surface area contributed by atoms with Crippen molar-refractivity contribution in [2.45, 2.75) is 18.4 Å². The Labute approximate surface area is 212 Å². The number of nitrogens with zero attached hydrogens (tertiary/aromatic N) is 1. The molecule has 0 aliphatic carbocycles. The van der Waals surface area contributed by atoms with Crippen LogP contribution in [0.15, 0.2) is 77.8 Å². The lowest BCUT2D eigenvalue weighted by Crippen LogP contribution is -2.23. The zero-order valence-electron chi connectivity index (χ0n) is 18.9. The van der Waals surface area contributed by atoms with Gasteiger partial charge in [0.05, 0.1) is 18.2 Å². The number of aryl methyl sites for hydroxylation is 1. The summed E-state index contributed by atoms with van der Waals surface area (Å²) < 4.78 is 33.2. The van der Waals surface area contributed by atoms with E-state index in [4.69, 9.17) is 16.3 Å². The Bertz CT molecular complexity index is 1470. The number of carbonyl (C=O) groups is 1. The number of sulfonamides is 1. The number of ketones is 1. The maximum atomic E-state index is 12.8. The molecule has 180 valence electrons. The van der Waals surface area contributed by atoms with Crippen LogP contribution in [0.3, 0.4) is 0 Å². The van der Waals surface area contributed by atoms with Crippen LogP contribution in [0.4, 0.5) is 10.8 Å². The number of halogens is 1. The molecular weight excluding hydrogens is 506 g/mol. The van der Waals surface area contributed by atoms with E-state index in [1.54, 1.807) is 30.5 Å². The largest absolute Gasteiger partial charge is 0.495 e. The Balaban J connectivity index is 1.40. The van der Waals surface area contributed by atoms with E-state index in [0.29, 0.717) is 20.6 Å². The number of aromatic nitrogens is 1. The van der Waals surface area contributed by atoms with Crippen LogP contribution in [0.5, 0.6) is 5.75 Å². The van der Waals surface area contributed by atoms with E-state index < -0.39 is 10.0 Å². The van der Waals surface area contributed by atoms with Gasteiger partial charge in [0.15, 0.2) is 5.13 Å². The van der Waals surface area contributed by atoms with Crippen LogP contribution >= 0.6 is 22.9 Å². The van der Waals surface area contributed by atoms with E-state index in [2.05, 4.69) is 15.0 Å². The van der Waals surface area contributed by atoms with Gasteiger partial charge in [0, 0.05) is 22.8 Å². The Kier molecular flexibility index (Phi) is 7.51. The van der Waals surface area contributed by atoms with E-state index in [9.17, 15) is 13.2 Å². The maximum Gasteiger partial charge on any atom is 0.244 e. The van der Waals surface area contributed by atoms with Crippen molar-refractivity contribution in [3.05, 3.63) is 99.5 Å². The fourth-order valence-electron chi connectivity index (χ4n) is 3.34. The summed E-state index contributed by atoms with van der Waals surface area (Å²) in [4.78, 5) is 17.6. The van der Waals surface area contributed by atoms with Crippen LogP contribution in [0, 0.1) is 6.92 Å². The summed E-state index contributed by atoms with van der Waals surface area (Å²) in [5, 5.41) is 4.06. The molecule has 0 atom stereocenters. The molecule has 2 N–H and O–H groups in total. The van der Waals surface area contributed by atoms with Crippen LogP contribution in [0.1, 0.15) is 26.4 Å². The molecule has 0 fully saturated rings. The summed E-state index contributed by atoms with van der Waals surface area (Å²) in [6, 6.07) is 19.1. The number of anilines is 2. The number of carbonyl (C=O) groups excluding carboxylic acids is 1. The van der Waals surface area contributed by atoms with Crippen LogP contribution in [-0.2, 0) is 16.6 Å². The maximum absolute atomic E-state index is 12.8. The predicted octanol–water partition coefficient (Wildman–Crippen LogP) is 5.57. The third kappa shape index (κ3) is 5.88. The number of methoxy groups -OCH3 is 1. The molecule has 0 unspecified atom stereocenters. The van der Waals surface area contributed by atoms with Gasteiger partial charge in [0.2, 0.25) is 15.8 Å². The summed E-state index contributed by atoms with van der Waals surface area (Å²) >= 11 is 7.23. The standard InChI is InChI=1S/C25H22ClN3O4S2/c1-16-5-3-4-6-20(16)24(30)22-15-27-25(34-22)29-19-10-7-17(8-11-19)14-28-35(31,32)23-13-18(26)9-12-21(23)33-2/h3-13,15,28H,14H2,1-2H3,(H,27,29). The van der Waals surface area contributed by atoms with Crippen molar-refractivity contribution in [2.24, 2.45) is 0 Å². The highest BCUT2D eigenvalue weighted by atomic mass is 35.5. The first kappa shape index (κ1) is 24.9. The molecule has 0 spiro atoms. The molecule has 10 heteroatoms. The Morgan fingerprint density at radius 2 is 1.83 bits per heavy atom. The smallest absolute Gasteiger partial charge is 0.244 e. The average Bonchev–Trinajstić information content (AvgIpc) is 3.32. The number of thiazole rings is 1. The Morgan fingerprint density at radius 3 is 2.54 bits per heavy atom. The van der Waals surface area contributed by atoms with Gasteiger partial charge in [-0.3, -0.25) is 4.79 Å². The van der Waals surface area contributed by atoms with E-state index >= 15 is 0 Å². The van der Waals surface area contributed by atoms with Gasteiger partial charge in [-0.2, -0.15) is 0 Å². The number of hydrogen-bond acceptors (Lipinski definition) is 7. The van der Waals surface area contributed by atoms with Gasteiger partial charge in [-0.05, 0) is 48.4 Å². The topological polar surface area (TPSA) is 97.4 Å². The molecule has 0 bridgehead atoms. The van der Waals surface area contributed by atoms with E-state index in [-0.39, 0.29) is 23.0 Å². The lowest BCUT2D eigenvalue weighted by atomic mass is 10.0. The zero-order chi connectivity index (χ0) is 25.0. The fourth-order valence-corrected chi connectivity index (χ4v) is 5.58. The van der Waals surface area contributed by atoms with Gasteiger partial charge in [0.1, 0.15) is 10.6 Å². The molecule has 0 radical (unpaired) electrons. The first-order chi connectivity index (χ1) is 16.8. The molecule has 1 heterocycles. The van der Waals surface area contributed by atoms with Crippen molar-refractivity contribution >= 4 is 49.6 Å². The summed E-state index contributed by atoms with van der Waals surface area (Å²) in [6.45, 7) is 1.99. The minimum Gasteiger partial charge on any atom is -0.495 e. The summed E-state index contributed by atoms with van der Waals surface area (Å²) in [5.41, 5.74) is 3.09. The van der Waals surface area contributed by atoms with Crippen molar-refractivity contribution in [3.63, 3.8) is 0 Å². The van der Waals surface area contributed by atoms with E-state index in [0.717, 1.165) is 16.8 Å². The molecule has 0 aliphatic heterocycles. The number of hydrogen-bond donors (Lipinski definition) is 2. The molecule has 4 rings (SSSR count). The monoisotopic (exact) mass is 527 g/mol. The number of benzene rings is 3. The Hall–Kier alpha value is -3.24. The number of ether oxygens (including phenoxy) is 1. The summed E-state index contributed by atoms with van der Waals surface area (Å²) in [5.74, 6) is 0.151. The second-order valence-corrected chi connectivity index (χ2v) is 10.8. The molecule has 3 aromatic carbocycles. The van der Waals surface area contributed by atoms with E-state index in [1.807, 2.05) is 37.3 Å². The predicted molar refractivity (Wildman–Crippen MR) is 138 cm³/mol. The SMILES string of the molecule is COc1ccc(Cl)cc1S(=O)(=O)NCc1ccc(Nc2ncc(C(=O)c3ccccc3C)s2)cc1. The third-order valence-corrected chi connectivity index (χ3v) is 7.77. The number of rotatable bonds is 9. The third-order valence-electron chi connectivity index (χ3n) is 5.21. The molecule has 1 aromatic heterocycles. The van der Waals surface area contributed by atoms with Gasteiger partial charge < -0.3 is 10.1 Å². The normalized spacial score (nSPS) is 11.3. The van der Waals surface area contributed by atoms with Crippen LogP contribution in [-0.4, -0.2) is 26.3 Å². The van der Waals surface area contributed by atoms with Crippen LogP contribution in [0.25, 0.3) is 0 Å². The van der Waals surface area contributed by atoms with E-state index in [1.165, 1.54) is 30.6 Å². The molecule has 0 saturated heterocycles. The van der Waals surface area contributed by atoms with Gasteiger partial charge in [-0.1, -0.05) is 59.3 Å². The fraction of sp³-hybridized carbons (Fsp3) is 0.120. The van der Waals surface area contributed by atoms with Crippen molar-refractivity contribution in [3.8, 4) is 5.75 Å². The van der Waals surface area contributed by atoms with Gasteiger partial charge in [-0.15, -0.1) is 0 Å². The van der Waals surface area contributed by atoms with Crippen molar-refractivity contribution in [1.82, 2.24) is 9.71 Å². The lowest BCUT2D eigenvalue weighted by Gasteiger charge is -2.11. The molecule has 7 nitrogen and oxygen atoms in total. The van der Waals surface area contributed by atoms with Crippen molar-refractivity contribution in [1.29, 1.82) is 0 Å². The first-order valence-electron chi connectivity index (χ1n) is 10.5. The minimum absolute atomic E-state index is 0.0226. The van der Waals surface area contributed by atoms with Gasteiger partial charge in [0.25, 0.3) is 0 Å². The quantitative estimate of drug-likeness (QED) is 0.276. The van der Waals surface area contributed by atoms with Crippen LogP contribution < -0.4 is 14.8 Å². The first-order valence-corrected chi connectivity index (χ1v) is 13.2. The lowest BCUT2D eigenvalue weighted by molar-refractivity contribution is 0.104. The second kappa shape index (κ2) is 10.6. The summed E-state index contributed by atoms with van der Waals surface area (Å²) in [7, 11) is -2.43. The molecule has 0 amide bonds. The molecule has 35 heavy (non-hydrogen) atoms. The highest BCUT2D eigenvalue weighted by molar-refractivity contribution is 7.89. The molecule has 0 aliphatic rings.